The Bertz CT molecular complexity index is 759. The molecule has 2 aromatic rings. The summed E-state index contributed by atoms with van der Waals surface area (Å²) in [7, 11) is 0. The first-order valence-electron chi connectivity index (χ1n) is 8.34. The van der Waals surface area contributed by atoms with Crippen LogP contribution in [0.2, 0.25) is 0 Å². The summed E-state index contributed by atoms with van der Waals surface area (Å²) in [5.74, 6) is 0.386. The van der Waals surface area contributed by atoms with Crippen molar-refractivity contribution in [2.75, 3.05) is 37.8 Å². The molecule has 1 aliphatic rings. The van der Waals surface area contributed by atoms with Crippen molar-refractivity contribution < 1.29 is 14.3 Å². The van der Waals surface area contributed by atoms with E-state index in [4.69, 9.17) is 9.47 Å². The molecule has 136 valence electrons. The van der Waals surface area contributed by atoms with E-state index in [1.54, 1.807) is 6.21 Å². The Morgan fingerprint density at radius 3 is 2.65 bits per heavy atom. The molecule has 0 unspecified atom stereocenters. The van der Waals surface area contributed by atoms with E-state index >= 15 is 0 Å². The van der Waals surface area contributed by atoms with Crippen molar-refractivity contribution in [1.29, 1.82) is 0 Å². The molecule has 3 rings (SSSR count). The summed E-state index contributed by atoms with van der Waals surface area (Å²) in [4.78, 5) is 14.1. The standard InChI is InChI=1S/C19H20IN3O3/c20-17-3-1-2-4-18(17)26-14-19(24)22-21-13-15-5-7-16(8-6-15)23-9-11-25-12-10-23/h1-8,13H,9-12,14H2,(H,22,24)/b21-13+. The van der Waals surface area contributed by atoms with Crippen molar-refractivity contribution in [2.45, 2.75) is 0 Å². The Balaban J connectivity index is 1.45. The van der Waals surface area contributed by atoms with Gasteiger partial charge in [0.2, 0.25) is 0 Å². The number of morpholine rings is 1. The van der Waals surface area contributed by atoms with Gasteiger partial charge in [-0.15, -0.1) is 0 Å². The van der Waals surface area contributed by atoms with Gasteiger partial charge in [-0.1, -0.05) is 24.3 Å². The van der Waals surface area contributed by atoms with Crippen LogP contribution in [0, 0.1) is 3.57 Å². The van der Waals surface area contributed by atoms with Gasteiger partial charge in [0, 0.05) is 18.8 Å². The van der Waals surface area contributed by atoms with Crippen LogP contribution in [0.1, 0.15) is 5.56 Å². The minimum Gasteiger partial charge on any atom is -0.483 e. The molecular formula is C19H20IN3O3. The highest BCUT2D eigenvalue weighted by Gasteiger charge is 2.10. The van der Waals surface area contributed by atoms with Crippen LogP contribution >= 0.6 is 22.6 Å². The predicted molar refractivity (Wildman–Crippen MR) is 110 cm³/mol. The summed E-state index contributed by atoms with van der Waals surface area (Å²) in [5.41, 5.74) is 4.56. The van der Waals surface area contributed by atoms with Gasteiger partial charge in [0.15, 0.2) is 6.61 Å². The fourth-order valence-corrected chi connectivity index (χ4v) is 3.05. The van der Waals surface area contributed by atoms with Crippen molar-refractivity contribution >= 4 is 40.4 Å². The fourth-order valence-electron chi connectivity index (χ4n) is 2.51. The maximum absolute atomic E-state index is 11.8. The first-order chi connectivity index (χ1) is 12.7. The number of benzene rings is 2. The lowest BCUT2D eigenvalue weighted by atomic mass is 10.2. The molecule has 6 nitrogen and oxygen atoms in total. The molecule has 0 saturated carbocycles. The van der Waals surface area contributed by atoms with E-state index in [9.17, 15) is 4.79 Å². The molecule has 2 aromatic carbocycles. The van der Waals surface area contributed by atoms with Crippen LogP contribution in [0.15, 0.2) is 53.6 Å². The molecule has 1 fully saturated rings. The highest BCUT2D eigenvalue weighted by Crippen LogP contribution is 2.19. The van der Waals surface area contributed by atoms with E-state index < -0.39 is 0 Å². The minimum absolute atomic E-state index is 0.0761. The number of halogens is 1. The molecule has 1 aliphatic heterocycles. The molecule has 1 N–H and O–H groups in total. The van der Waals surface area contributed by atoms with Gasteiger partial charge in [0.05, 0.1) is 23.0 Å². The summed E-state index contributed by atoms with van der Waals surface area (Å²) in [6.45, 7) is 3.26. The number of amides is 1. The monoisotopic (exact) mass is 465 g/mol. The highest BCUT2D eigenvalue weighted by atomic mass is 127. The molecule has 1 heterocycles. The summed E-state index contributed by atoms with van der Waals surface area (Å²) in [6.07, 6.45) is 1.62. The quantitative estimate of drug-likeness (QED) is 0.405. The number of carbonyl (C=O) groups is 1. The second-order valence-electron chi connectivity index (χ2n) is 5.70. The van der Waals surface area contributed by atoms with Crippen LogP contribution < -0.4 is 15.1 Å². The molecule has 0 aliphatic carbocycles. The lowest BCUT2D eigenvalue weighted by molar-refractivity contribution is -0.123. The van der Waals surface area contributed by atoms with Crippen molar-refractivity contribution in [2.24, 2.45) is 5.10 Å². The normalized spacial score (nSPS) is 14.4. The molecule has 26 heavy (non-hydrogen) atoms. The van der Waals surface area contributed by atoms with Crippen molar-refractivity contribution in [3.05, 3.63) is 57.7 Å². The summed E-state index contributed by atoms with van der Waals surface area (Å²) in [5, 5.41) is 3.98. The number of rotatable bonds is 6. The minimum atomic E-state index is -0.300. The summed E-state index contributed by atoms with van der Waals surface area (Å²) >= 11 is 2.17. The zero-order valence-electron chi connectivity index (χ0n) is 14.2. The number of ether oxygens (including phenoxy) is 2. The van der Waals surface area contributed by atoms with Gasteiger partial charge in [0.1, 0.15) is 5.75 Å². The maximum Gasteiger partial charge on any atom is 0.277 e. The van der Waals surface area contributed by atoms with Gasteiger partial charge in [-0.2, -0.15) is 5.10 Å². The van der Waals surface area contributed by atoms with Crippen LogP contribution in [0.3, 0.4) is 0 Å². The SMILES string of the molecule is O=C(COc1ccccc1I)N/N=C/c1ccc(N2CCOCC2)cc1. The Hall–Kier alpha value is -2.13. The van der Waals surface area contributed by atoms with Crippen LogP contribution in [0.5, 0.6) is 5.75 Å². The number of para-hydroxylation sites is 1. The van der Waals surface area contributed by atoms with Crippen LogP contribution in [-0.2, 0) is 9.53 Å². The zero-order valence-corrected chi connectivity index (χ0v) is 16.4. The Morgan fingerprint density at radius 2 is 1.92 bits per heavy atom. The van der Waals surface area contributed by atoms with E-state index in [0.29, 0.717) is 5.75 Å². The zero-order chi connectivity index (χ0) is 18.2. The van der Waals surface area contributed by atoms with Gasteiger partial charge < -0.3 is 14.4 Å². The van der Waals surface area contributed by atoms with Crippen LogP contribution in [0.4, 0.5) is 5.69 Å². The van der Waals surface area contributed by atoms with Gasteiger partial charge in [-0.05, 0) is 52.4 Å². The average molecular weight is 465 g/mol. The average Bonchev–Trinajstić information content (AvgIpc) is 2.69. The van der Waals surface area contributed by atoms with Gasteiger partial charge >= 0.3 is 0 Å². The van der Waals surface area contributed by atoms with Crippen molar-refractivity contribution in [3.8, 4) is 5.75 Å². The Labute approximate surface area is 166 Å². The second-order valence-corrected chi connectivity index (χ2v) is 6.87. The lowest BCUT2D eigenvalue weighted by Crippen LogP contribution is -2.36. The van der Waals surface area contributed by atoms with E-state index in [2.05, 4.69) is 50.2 Å². The highest BCUT2D eigenvalue weighted by molar-refractivity contribution is 14.1. The maximum atomic E-state index is 11.8. The van der Waals surface area contributed by atoms with E-state index in [1.165, 1.54) is 5.69 Å². The van der Waals surface area contributed by atoms with Gasteiger partial charge in [0.25, 0.3) is 5.91 Å². The molecule has 0 bridgehead atoms. The van der Waals surface area contributed by atoms with Gasteiger partial charge in [-0.3, -0.25) is 4.79 Å². The van der Waals surface area contributed by atoms with Crippen LogP contribution in [0.25, 0.3) is 0 Å². The summed E-state index contributed by atoms with van der Waals surface area (Å²) in [6, 6.07) is 15.6. The Kier molecular flexibility index (Phi) is 6.84. The molecule has 1 saturated heterocycles. The first kappa shape index (κ1) is 18.7. The van der Waals surface area contributed by atoms with E-state index in [0.717, 1.165) is 35.4 Å². The molecule has 0 radical (unpaired) electrons. The number of hydrazone groups is 1. The topological polar surface area (TPSA) is 63.2 Å². The number of anilines is 1. The fraction of sp³-hybridized carbons (Fsp3) is 0.263. The second kappa shape index (κ2) is 9.54. The predicted octanol–water partition coefficient (Wildman–Crippen LogP) is 2.66. The number of hydrogen-bond acceptors (Lipinski definition) is 5. The van der Waals surface area contributed by atoms with Gasteiger partial charge in [-0.25, -0.2) is 5.43 Å². The third-order valence-electron chi connectivity index (χ3n) is 3.87. The molecule has 1 amide bonds. The number of hydrogen-bond donors (Lipinski definition) is 1. The lowest BCUT2D eigenvalue weighted by Gasteiger charge is -2.28. The van der Waals surface area contributed by atoms with Crippen molar-refractivity contribution in [1.82, 2.24) is 5.43 Å². The third kappa shape index (κ3) is 5.43. The van der Waals surface area contributed by atoms with Crippen LogP contribution in [-0.4, -0.2) is 45.0 Å². The summed E-state index contributed by atoms with van der Waals surface area (Å²) < 4.78 is 11.8. The molecule has 0 atom stereocenters. The molecular weight excluding hydrogens is 445 g/mol. The molecule has 0 spiro atoms. The van der Waals surface area contributed by atoms with E-state index in [1.807, 2.05) is 36.4 Å². The first-order valence-corrected chi connectivity index (χ1v) is 9.42. The number of carbonyl (C=O) groups excluding carboxylic acids is 1. The van der Waals surface area contributed by atoms with Crippen molar-refractivity contribution in [3.63, 3.8) is 0 Å². The number of nitrogens with zero attached hydrogens (tertiary/aromatic N) is 2. The third-order valence-corrected chi connectivity index (χ3v) is 4.76. The smallest absolute Gasteiger partial charge is 0.277 e. The largest absolute Gasteiger partial charge is 0.483 e. The Morgan fingerprint density at radius 1 is 1.19 bits per heavy atom. The van der Waals surface area contributed by atoms with E-state index in [-0.39, 0.29) is 12.5 Å². The number of nitrogens with one attached hydrogen (secondary N) is 1. The molecule has 7 heteroatoms. The molecule has 0 aromatic heterocycles.